The Morgan fingerprint density at radius 1 is 1.17 bits per heavy atom. The summed E-state index contributed by atoms with van der Waals surface area (Å²) in [6, 6.07) is 8.56. The predicted molar refractivity (Wildman–Crippen MR) is 128 cm³/mol. The lowest BCUT2D eigenvalue weighted by Crippen LogP contribution is -2.62. The maximum Gasteiger partial charge on any atom is 0.412 e. The van der Waals surface area contributed by atoms with Crippen LogP contribution in [0.15, 0.2) is 54.1 Å². The zero-order chi connectivity index (χ0) is 25.0. The third-order valence-electron chi connectivity index (χ3n) is 9.46. The van der Waals surface area contributed by atoms with Crippen molar-refractivity contribution in [1.29, 1.82) is 0 Å². The van der Waals surface area contributed by atoms with Crippen molar-refractivity contribution in [2.24, 2.45) is 28.6 Å². The minimum Gasteiger partial charge on any atom is -0.410 e. The van der Waals surface area contributed by atoms with Crippen LogP contribution in [0, 0.1) is 28.6 Å². The van der Waals surface area contributed by atoms with Crippen LogP contribution in [-0.2, 0) is 9.59 Å². The van der Waals surface area contributed by atoms with E-state index in [9.17, 15) is 24.6 Å². The number of para-hydroxylation sites is 1. The first-order chi connectivity index (χ1) is 16.6. The molecule has 7 atom stereocenters. The molecule has 0 aromatic heterocycles. The smallest absolute Gasteiger partial charge is 0.410 e. The van der Waals surface area contributed by atoms with Gasteiger partial charge in [0.2, 0.25) is 0 Å². The molecule has 3 saturated carbocycles. The molecule has 3 N–H and O–H groups in total. The standard InChI is InChI=1S/C28H33NO6/c1-26-12-10-18(30)14-17(26)8-9-20-21-11-13-28(34,27(21,2)15-22(31)24(20)26)23(32)16-29-25(33)35-19-6-4-3-5-7-19/h3-7,10,12,14,20-22,24,31,34H,8-9,11,13,15-16H2,1-2H3,(H,29,33)/t20?,21?,22-,24?,26?,27?,28-/m0/s1. The van der Waals surface area contributed by atoms with Crippen LogP contribution in [0.4, 0.5) is 4.79 Å². The number of amides is 1. The van der Waals surface area contributed by atoms with Crippen molar-refractivity contribution in [3.8, 4) is 5.75 Å². The highest BCUT2D eigenvalue weighted by atomic mass is 16.6. The van der Waals surface area contributed by atoms with Crippen LogP contribution in [0.2, 0.25) is 0 Å². The number of benzene rings is 1. The Labute approximate surface area is 205 Å². The van der Waals surface area contributed by atoms with E-state index >= 15 is 0 Å². The SMILES string of the molecule is CC12C=CC(=O)C=C1CCC1C2[C@@H](O)CC2(C)C1CC[C@]2(O)C(=O)CNC(=O)Oc1ccccc1. The van der Waals surface area contributed by atoms with Gasteiger partial charge < -0.3 is 20.3 Å². The molecule has 7 heteroatoms. The van der Waals surface area contributed by atoms with Gasteiger partial charge in [0.1, 0.15) is 11.4 Å². The van der Waals surface area contributed by atoms with Gasteiger partial charge in [0, 0.05) is 16.7 Å². The summed E-state index contributed by atoms with van der Waals surface area (Å²) in [5, 5.41) is 25.6. The Bertz CT molecular complexity index is 1110. The normalized spacial score (nSPS) is 39.7. The Morgan fingerprint density at radius 3 is 2.66 bits per heavy atom. The first kappa shape index (κ1) is 23.9. The summed E-state index contributed by atoms with van der Waals surface area (Å²) < 4.78 is 5.19. The van der Waals surface area contributed by atoms with Gasteiger partial charge in [0.05, 0.1) is 12.6 Å². The summed E-state index contributed by atoms with van der Waals surface area (Å²) in [4.78, 5) is 37.5. The predicted octanol–water partition coefficient (Wildman–Crippen LogP) is 3.35. The molecule has 0 saturated heterocycles. The Hall–Kier alpha value is -2.77. The van der Waals surface area contributed by atoms with Gasteiger partial charge >= 0.3 is 6.09 Å². The third kappa shape index (κ3) is 3.67. The van der Waals surface area contributed by atoms with Gasteiger partial charge in [-0.15, -0.1) is 0 Å². The van der Waals surface area contributed by atoms with Gasteiger partial charge in [-0.3, -0.25) is 9.59 Å². The van der Waals surface area contributed by atoms with Gasteiger partial charge in [-0.2, -0.15) is 0 Å². The minimum atomic E-state index is -1.64. The molecule has 4 aliphatic carbocycles. The van der Waals surface area contributed by atoms with E-state index in [1.165, 1.54) is 0 Å². The molecular formula is C28H33NO6. The number of hydrogen-bond donors (Lipinski definition) is 3. The highest BCUT2D eigenvalue weighted by Gasteiger charge is 2.68. The molecular weight excluding hydrogens is 446 g/mol. The Kier molecular flexibility index (Phi) is 5.76. The topological polar surface area (TPSA) is 113 Å². The van der Waals surface area contributed by atoms with Crippen LogP contribution in [-0.4, -0.2) is 46.1 Å². The number of hydrogen-bond acceptors (Lipinski definition) is 6. The average molecular weight is 480 g/mol. The van der Waals surface area contributed by atoms with Crippen molar-refractivity contribution in [3.05, 3.63) is 54.1 Å². The van der Waals surface area contributed by atoms with Gasteiger partial charge in [-0.05, 0) is 68.2 Å². The average Bonchev–Trinajstić information content (AvgIpc) is 3.09. The van der Waals surface area contributed by atoms with Crippen LogP contribution in [0.25, 0.3) is 0 Å². The van der Waals surface area contributed by atoms with Crippen LogP contribution in [0.5, 0.6) is 5.75 Å². The maximum atomic E-state index is 13.3. The Balaban J connectivity index is 1.33. The second kappa shape index (κ2) is 8.42. The summed E-state index contributed by atoms with van der Waals surface area (Å²) in [5.74, 6) is 0.0192. The number of fused-ring (bicyclic) bond motifs is 5. The van der Waals surface area contributed by atoms with Crippen LogP contribution in [0.3, 0.4) is 0 Å². The lowest BCUT2D eigenvalue weighted by Gasteiger charge is -2.59. The lowest BCUT2D eigenvalue weighted by molar-refractivity contribution is -0.175. The largest absolute Gasteiger partial charge is 0.412 e. The minimum absolute atomic E-state index is 0.00908. The number of rotatable bonds is 4. The Morgan fingerprint density at radius 2 is 1.91 bits per heavy atom. The van der Waals surface area contributed by atoms with Gasteiger partial charge in [0.15, 0.2) is 11.6 Å². The van der Waals surface area contributed by atoms with Gasteiger partial charge in [-0.1, -0.05) is 43.7 Å². The van der Waals surface area contributed by atoms with E-state index in [4.69, 9.17) is 4.74 Å². The summed E-state index contributed by atoms with van der Waals surface area (Å²) in [7, 11) is 0. The molecule has 186 valence electrons. The molecule has 5 unspecified atom stereocenters. The zero-order valence-corrected chi connectivity index (χ0v) is 20.2. The number of ketones is 2. The van der Waals surface area contributed by atoms with E-state index in [-0.39, 0.29) is 30.1 Å². The van der Waals surface area contributed by atoms with E-state index in [1.54, 1.807) is 42.5 Å². The first-order valence-corrected chi connectivity index (χ1v) is 12.5. The van der Waals surface area contributed by atoms with Crippen molar-refractivity contribution < 1.29 is 29.3 Å². The monoisotopic (exact) mass is 479 g/mol. The molecule has 0 bridgehead atoms. The molecule has 4 aliphatic rings. The van der Waals surface area contributed by atoms with Crippen molar-refractivity contribution in [2.75, 3.05) is 6.54 Å². The molecule has 1 amide bonds. The molecule has 7 nitrogen and oxygen atoms in total. The van der Waals surface area contributed by atoms with Crippen LogP contribution < -0.4 is 10.1 Å². The molecule has 1 aromatic carbocycles. The lowest BCUT2D eigenvalue weighted by atomic mass is 9.46. The summed E-state index contributed by atoms with van der Waals surface area (Å²) in [6.07, 6.45) is 6.64. The number of aliphatic hydroxyl groups is 2. The van der Waals surface area contributed by atoms with Crippen molar-refractivity contribution in [3.63, 3.8) is 0 Å². The second-order valence-electron chi connectivity index (χ2n) is 11.1. The van der Waals surface area contributed by atoms with E-state index in [0.29, 0.717) is 25.0 Å². The van der Waals surface area contributed by atoms with Gasteiger partial charge in [-0.25, -0.2) is 4.79 Å². The fourth-order valence-electron chi connectivity index (χ4n) is 7.72. The fraction of sp³-hybridized carbons (Fsp3) is 0.536. The highest BCUT2D eigenvalue weighted by Crippen LogP contribution is 2.67. The molecule has 0 aliphatic heterocycles. The summed E-state index contributed by atoms with van der Waals surface area (Å²) in [5.41, 5.74) is -1.77. The number of carbonyl (C=O) groups is 3. The molecule has 0 spiro atoms. The van der Waals surface area contributed by atoms with E-state index in [1.807, 2.05) is 13.0 Å². The number of ether oxygens (including phenoxy) is 1. The third-order valence-corrected chi connectivity index (χ3v) is 9.46. The summed E-state index contributed by atoms with van der Waals surface area (Å²) in [6.45, 7) is 3.67. The quantitative estimate of drug-likeness (QED) is 0.611. The maximum absolute atomic E-state index is 13.3. The molecule has 0 heterocycles. The van der Waals surface area contributed by atoms with Crippen LogP contribution in [0.1, 0.15) is 46.0 Å². The van der Waals surface area contributed by atoms with Crippen LogP contribution >= 0.6 is 0 Å². The molecule has 35 heavy (non-hydrogen) atoms. The van der Waals surface area contributed by atoms with E-state index < -0.39 is 34.4 Å². The number of Topliss-reactive ketones (excluding diaryl/α,β-unsaturated/α-hetero) is 1. The van der Waals surface area contributed by atoms with Crippen molar-refractivity contribution in [2.45, 2.75) is 57.7 Å². The number of carbonyl (C=O) groups excluding carboxylic acids is 3. The number of nitrogens with one attached hydrogen (secondary N) is 1. The zero-order valence-electron chi connectivity index (χ0n) is 20.2. The van der Waals surface area contributed by atoms with E-state index in [0.717, 1.165) is 18.4 Å². The molecule has 5 rings (SSSR count). The fourth-order valence-corrected chi connectivity index (χ4v) is 7.72. The number of allylic oxidation sites excluding steroid dienone is 4. The molecule has 3 fully saturated rings. The second-order valence-corrected chi connectivity index (χ2v) is 11.1. The summed E-state index contributed by atoms with van der Waals surface area (Å²) >= 11 is 0. The highest BCUT2D eigenvalue weighted by molar-refractivity contribution is 6.01. The van der Waals surface area contributed by atoms with Gasteiger partial charge in [0.25, 0.3) is 0 Å². The van der Waals surface area contributed by atoms with Crippen molar-refractivity contribution >= 4 is 17.7 Å². The first-order valence-electron chi connectivity index (χ1n) is 12.5. The van der Waals surface area contributed by atoms with Crippen molar-refractivity contribution in [1.82, 2.24) is 5.32 Å². The number of aliphatic hydroxyl groups excluding tert-OH is 1. The molecule has 1 aromatic rings. The van der Waals surface area contributed by atoms with E-state index in [2.05, 4.69) is 12.2 Å². The molecule has 0 radical (unpaired) electrons.